The van der Waals surface area contributed by atoms with Crippen LogP contribution in [0.25, 0.3) is 22.7 Å². The fraction of sp³-hybridized carbons (Fsp3) is 0.227. The van der Waals surface area contributed by atoms with Gasteiger partial charge in [0, 0.05) is 31.0 Å². The van der Waals surface area contributed by atoms with Crippen molar-refractivity contribution in [2.75, 3.05) is 25.2 Å². The van der Waals surface area contributed by atoms with Crippen LogP contribution < -0.4 is 14.8 Å². The number of hydrogen-bond acceptors (Lipinski definition) is 6. The zero-order valence-electron chi connectivity index (χ0n) is 16.5. The van der Waals surface area contributed by atoms with Crippen LogP contribution >= 0.6 is 0 Å². The van der Waals surface area contributed by atoms with Gasteiger partial charge in [0.05, 0.1) is 12.3 Å². The first-order valence-corrected chi connectivity index (χ1v) is 10.1. The Balaban J connectivity index is 1.25. The summed E-state index contributed by atoms with van der Waals surface area (Å²) >= 11 is 0. The lowest BCUT2D eigenvalue weighted by Crippen LogP contribution is -2.33. The number of amides is 2. The minimum absolute atomic E-state index is 0.0440. The van der Waals surface area contributed by atoms with Gasteiger partial charge in [-0.25, -0.2) is 14.8 Å². The first kappa shape index (κ1) is 17.8. The molecule has 1 atom stereocenters. The molecule has 1 N–H and O–H groups in total. The molecule has 1 saturated heterocycles. The smallest absolute Gasteiger partial charge is 0.321 e. The number of fused-ring (bicyclic) bond motifs is 2. The Bertz CT molecular complexity index is 1270. The normalized spacial score (nSPS) is 17.4. The number of rotatable bonds is 3. The van der Waals surface area contributed by atoms with Gasteiger partial charge in [-0.1, -0.05) is 0 Å². The second-order valence-electron chi connectivity index (χ2n) is 7.52. The number of likely N-dealkylation sites (tertiary alicyclic amines) is 1. The molecule has 9 nitrogen and oxygen atoms in total. The highest BCUT2D eigenvalue weighted by molar-refractivity contribution is 5.90. The molecule has 1 fully saturated rings. The van der Waals surface area contributed by atoms with Gasteiger partial charge in [-0.05, 0) is 42.8 Å². The van der Waals surface area contributed by atoms with E-state index in [1.807, 2.05) is 24.3 Å². The molecule has 0 radical (unpaired) electrons. The number of pyridine rings is 1. The van der Waals surface area contributed by atoms with Crippen molar-refractivity contribution in [3.63, 3.8) is 0 Å². The van der Waals surface area contributed by atoms with Gasteiger partial charge in [0.25, 0.3) is 0 Å². The molecule has 0 saturated carbocycles. The van der Waals surface area contributed by atoms with Gasteiger partial charge in [0.2, 0.25) is 6.79 Å². The van der Waals surface area contributed by atoms with Crippen LogP contribution in [0.1, 0.15) is 12.5 Å². The van der Waals surface area contributed by atoms with Crippen molar-refractivity contribution in [3.8, 4) is 23.1 Å². The van der Waals surface area contributed by atoms with E-state index in [2.05, 4.69) is 14.9 Å². The molecular formula is C22H19N5O4. The monoisotopic (exact) mass is 417 g/mol. The number of imidazole rings is 1. The number of carbonyl (C=O) groups is 1. The van der Waals surface area contributed by atoms with Crippen LogP contribution in [-0.4, -0.2) is 45.3 Å². The Morgan fingerprint density at radius 3 is 2.97 bits per heavy atom. The molecule has 0 aliphatic carbocycles. The van der Waals surface area contributed by atoms with Crippen LogP contribution in [0, 0.1) is 0 Å². The van der Waals surface area contributed by atoms with Gasteiger partial charge >= 0.3 is 6.03 Å². The fourth-order valence-corrected chi connectivity index (χ4v) is 4.17. The SMILES string of the molecule is O=C(Nc1ccc2c(c1)OCO2)N1CC[C@@H](n2c(-c3ccco3)nc3cccnc32)C1. The predicted molar refractivity (Wildman–Crippen MR) is 112 cm³/mol. The van der Waals surface area contributed by atoms with Crippen LogP contribution in [0.2, 0.25) is 0 Å². The topological polar surface area (TPSA) is 94.7 Å². The number of furan rings is 1. The van der Waals surface area contributed by atoms with Gasteiger partial charge in [-0.3, -0.25) is 0 Å². The summed E-state index contributed by atoms with van der Waals surface area (Å²) in [6.45, 7) is 1.38. The van der Waals surface area contributed by atoms with E-state index in [9.17, 15) is 4.79 Å². The molecule has 4 aromatic rings. The molecule has 156 valence electrons. The van der Waals surface area contributed by atoms with Crippen molar-refractivity contribution in [2.45, 2.75) is 12.5 Å². The largest absolute Gasteiger partial charge is 0.461 e. The highest BCUT2D eigenvalue weighted by Gasteiger charge is 2.31. The molecule has 0 bridgehead atoms. The first-order chi connectivity index (χ1) is 15.3. The Hall–Kier alpha value is -4.01. The summed E-state index contributed by atoms with van der Waals surface area (Å²) in [5, 5.41) is 2.95. The lowest BCUT2D eigenvalue weighted by atomic mass is 10.2. The summed E-state index contributed by atoms with van der Waals surface area (Å²) in [7, 11) is 0. The van der Waals surface area contributed by atoms with E-state index < -0.39 is 0 Å². The number of nitrogens with one attached hydrogen (secondary N) is 1. The molecule has 0 unspecified atom stereocenters. The number of hydrogen-bond donors (Lipinski definition) is 1. The molecular weight excluding hydrogens is 398 g/mol. The zero-order valence-corrected chi connectivity index (χ0v) is 16.5. The van der Waals surface area contributed by atoms with Crippen LogP contribution in [0.3, 0.4) is 0 Å². The number of nitrogens with zero attached hydrogens (tertiary/aromatic N) is 4. The van der Waals surface area contributed by atoms with E-state index in [4.69, 9.17) is 18.9 Å². The molecule has 1 aromatic carbocycles. The Kier molecular flexibility index (Phi) is 4.05. The maximum absolute atomic E-state index is 12.9. The van der Waals surface area contributed by atoms with Crippen molar-refractivity contribution in [3.05, 3.63) is 54.9 Å². The number of anilines is 1. The quantitative estimate of drug-likeness (QED) is 0.543. The minimum Gasteiger partial charge on any atom is -0.461 e. The van der Waals surface area contributed by atoms with Gasteiger partial charge in [-0.15, -0.1) is 0 Å². The van der Waals surface area contributed by atoms with E-state index in [-0.39, 0.29) is 18.9 Å². The van der Waals surface area contributed by atoms with Gasteiger partial charge in [0.1, 0.15) is 5.52 Å². The second kappa shape index (κ2) is 7.05. The van der Waals surface area contributed by atoms with Crippen molar-refractivity contribution < 1.29 is 18.7 Å². The third-order valence-electron chi connectivity index (χ3n) is 5.63. The summed E-state index contributed by atoms with van der Waals surface area (Å²) in [6, 6.07) is 12.8. The highest BCUT2D eigenvalue weighted by Crippen LogP contribution is 2.35. The molecule has 2 aliphatic rings. The minimum atomic E-state index is -0.154. The van der Waals surface area contributed by atoms with Crippen molar-refractivity contribution in [2.24, 2.45) is 0 Å². The Morgan fingerprint density at radius 1 is 1.13 bits per heavy atom. The van der Waals surface area contributed by atoms with E-state index in [1.54, 1.807) is 35.6 Å². The van der Waals surface area contributed by atoms with Crippen molar-refractivity contribution in [1.82, 2.24) is 19.4 Å². The van der Waals surface area contributed by atoms with E-state index in [0.717, 1.165) is 23.4 Å². The second-order valence-corrected chi connectivity index (χ2v) is 7.52. The third-order valence-corrected chi connectivity index (χ3v) is 5.63. The summed E-state index contributed by atoms with van der Waals surface area (Å²) in [5.41, 5.74) is 2.26. The third kappa shape index (κ3) is 3.05. The molecule has 9 heteroatoms. The number of ether oxygens (including phenoxy) is 2. The first-order valence-electron chi connectivity index (χ1n) is 10.1. The van der Waals surface area contributed by atoms with Crippen LogP contribution in [-0.2, 0) is 0 Å². The van der Waals surface area contributed by atoms with Gasteiger partial charge < -0.3 is 28.7 Å². The van der Waals surface area contributed by atoms with E-state index in [0.29, 0.717) is 36.0 Å². The molecule has 6 rings (SSSR count). The Labute approximate surface area is 177 Å². The van der Waals surface area contributed by atoms with E-state index in [1.165, 1.54) is 0 Å². The molecule has 3 aromatic heterocycles. The molecule has 2 amide bonds. The summed E-state index contributed by atoms with van der Waals surface area (Å²) < 4.78 is 18.4. The Morgan fingerprint density at radius 2 is 2.06 bits per heavy atom. The van der Waals surface area contributed by atoms with Gasteiger partial charge in [0.15, 0.2) is 28.7 Å². The maximum Gasteiger partial charge on any atom is 0.321 e. The van der Waals surface area contributed by atoms with Crippen LogP contribution in [0.4, 0.5) is 10.5 Å². The average molecular weight is 417 g/mol. The van der Waals surface area contributed by atoms with Gasteiger partial charge in [-0.2, -0.15) is 0 Å². The lowest BCUT2D eigenvalue weighted by molar-refractivity contribution is 0.174. The van der Waals surface area contributed by atoms with Crippen LogP contribution in [0.15, 0.2) is 59.3 Å². The highest BCUT2D eigenvalue weighted by atomic mass is 16.7. The van der Waals surface area contributed by atoms with Crippen molar-refractivity contribution >= 4 is 22.9 Å². The maximum atomic E-state index is 12.9. The summed E-state index contributed by atoms with van der Waals surface area (Å²) in [4.78, 5) is 24.0. The molecule has 5 heterocycles. The molecule has 0 spiro atoms. The van der Waals surface area contributed by atoms with Crippen molar-refractivity contribution in [1.29, 1.82) is 0 Å². The zero-order chi connectivity index (χ0) is 20.8. The number of aromatic nitrogens is 3. The lowest BCUT2D eigenvalue weighted by Gasteiger charge is -2.19. The summed E-state index contributed by atoms with van der Waals surface area (Å²) in [6.07, 6.45) is 4.18. The van der Waals surface area contributed by atoms with E-state index >= 15 is 0 Å². The number of urea groups is 1. The number of benzene rings is 1. The standard InChI is InChI=1S/C22H19N5O4/c28-22(24-14-5-6-17-19(11-14)31-13-30-17)26-9-7-15(12-26)27-20-16(3-1-8-23-20)25-21(27)18-4-2-10-29-18/h1-6,8,10-11,15H,7,9,12-13H2,(H,24,28)/t15-/m1/s1. The molecule has 2 aliphatic heterocycles. The molecule has 31 heavy (non-hydrogen) atoms. The fourth-order valence-electron chi connectivity index (χ4n) is 4.17. The van der Waals surface area contributed by atoms with Crippen LogP contribution in [0.5, 0.6) is 11.5 Å². The number of carbonyl (C=O) groups excluding carboxylic acids is 1. The average Bonchev–Trinajstić information content (AvgIpc) is 3.58. The summed E-state index contributed by atoms with van der Waals surface area (Å²) in [5.74, 6) is 2.73. The predicted octanol–water partition coefficient (Wildman–Crippen LogP) is 3.90.